The first kappa shape index (κ1) is 21.8. The van der Waals surface area contributed by atoms with Gasteiger partial charge in [-0.25, -0.2) is 0 Å². The number of nitrogens with zero attached hydrogens (tertiary/aromatic N) is 1. The van der Waals surface area contributed by atoms with Gasteiger partial charge in [0, 0.05) is 12.7 Å². The van der Waals surface area contributed by atoms with Gasteiger partial charge < -0.3 is 24.6 Å². The van der Waals surface area contributed by atoms with Crippen molar-refractivity contribution in [2.45, 2.75) is 37.6 Å². The molecule has 2 aliphatic heterocycles. The van der Waals surface area contributed by atoms with Crippen molar-refractivity contribution in [3.8, 4) is 11.5 Å². The molecule has 7 nitrogen and oxygen atoms in total. The number of likely N-dealkylation sites (tertiary alicyclic amines) is 1. The van der Waals surface area contributed by atoms with E-state index in [0.29, 0.717) is 23.8 Å². The van der Waals surface area contributed by atoms with Crippen molar-refractivity contribution in [1.29, 1.82) is 0 Å². The number of carbonyl (C=O) groups excluding carboxylic acids is 2. The highest BCUT2D eigenvalue weighted by molar-refractivity contribution is 7.99. The van der Waals surface area contributed by atoms with Crippen LogP contribution in [-0.4, -0.2) is 68.9 Å². The SMILES string of the molecule is COc1ccc([C@@H]2SC[C@H](C(=O)NCC[NH+]3CCCCC3)N2C(C)=O)cc1OC. The first-order valence-electron chi connectivity index (χ1n) is 10.3. The monoisotopic (exact) mass is 422 g/mol. The van der Waals surface area contributed by atoms with Crippen LogP contribution in [0.2, 0.25) is 0 Å². The molecule has 2 N–H and O–H groups in total. The molecule has 0 aliphatic carbocycles. The van der Waals surface area contributed by atoms with Gasteiger partial charge in [-0.2, -0.15) is 0 Å². The number of nitrogens with one attached hydrogen (secondary N) is 2. The maximum absolute atomic E-state index is 12.8. The lowest BCUT2D eigenvalue weighted by Crippen LogP contribution is -3.13. The van der Waals surface area contributed by atoms with Gasteiger partial charge >= 0.3 is 0 Å². The molecule has 0 spiro atoms. The van der Waals surface area contributed by atoms with Crippen LogP contribution in [0.15, 0.2) is 18.2 Å². The fourth-order valence-corrected chi connectivity index (χ4v) is 5.61. The minimum Gasteiger partial charge on any atom is -0.493 e. The highest BCUT2D eigenvalue weighted by Crippen LogP contribution is 2.43. The predicted molar refractivity (Wildman–Crippen MR) is 113 cm³/mol. The van der Waals surface area contributed by atoms with Gasteiger partial charge in [0.15, 0.2) is 11.5 Å². The fraction of sp³-hybridized carbons (Fsp3) is 0.619. The second kappa shape index (κ2) is 10.2. The number of hydrogen-bond acceptors (Lipinski definition) is 5. The van der Waals surface area contributed by atoms with Crippen molar-refractivity contribution >= 4 is 23.6 Å². The molecule has 0 radical (unpaired) electrons. The molecule has 8 heteroatoms. The number of ether oxygens (including phenoxy) is 2. The smallest absolute Gasteiger partial charge is 0.243 e. The van der Waals surface area contributed by atoms with Crippen molar-refractivity contribution < 1.29 is 24.0 Å². The molecule has 0 saturated carbocycles. The molecule has 2 heterocycles. The highest BCUT2D eigenvalue weighted by Gasteiger charge is 2.41. The summed E-state index contributed by atoms with van der Waals surface area (Å²) in [5, 5.41) is 2.85. The van der Waals surface area contributed by atoms with Crippen LogP contribution in [0.5, 0.6) is 11.5 Å². The molecule has 160 valence electrons. The number of rotatable bonds is 7. The lowest BCUT2D eigenvalue weighted by molar-refractivity contribution is -0.903. The summed E-state index contributed by atoms with van der Waals surface area (Å²) in [7, 11) is 3.18. The molecule has 0 aromatic heterocycles. The first-order chi connectivity index (χ1) is 14.0. The summed E-state index contributed by atoms with van der Waals surface area (Å²) in [4.78, 5) is 28.5. The number of piperidine rings is 1. The quantitative estimate of drug-likeness (QED) is 0.682. The van der Waals surface area contributed by atoms with Gasteiger partial charge in [-0.05, 0) is 37.0 Å². The van der Waals surface area contributed by atoms with Gasteiger partial charge in [0.2, 0.25) is 11.8 Å². The van der Waals surface area contributed by atoms with E-state index in [0.717, 1.165) is 12.1 Å². The molecule has 2 atom stereocenters. The minimum absolute atomic E-state index is 0.0629. The van der Waals surface area contributed by atoms with E-state index in [1.54, 1.807) is 35.8 Å². The van der Waals surface area contributed by atoms with Crippen molar-refractivity contribution in [3.05, 3.63) is 23.8 Å². The molecular formula is C21H32N3O4S+. The largest absolute Gasteiger partial charge is 0.493 e. The average Bonchev–Trinajstić information content (AvgIpc) is 3.19. The number of carbonyl (C=O) groups is 2. The van der Waals surface area contributed by atoms with Crippen LogP contribution in [0, 0.1) is 0 Å². The number of thioether (sulfide) groups is 1. The number of amides is 2. The lowest BCUT2D eigenvalue weighted by atomic mass is 10.1. The third-order valence-corrected chi connectivity index (χ3v) is 7.02. The predicted octanol–water partition coefficient (Wildman–Crippen LogP) is 0.851. The summed E-state index contributed by atoms with van der Waals surface area (Å²) in [5.74, 6) is 1.68. The topological polar surface area (TPSA) is 72.3 Å². The zero-order chi connectivity index (χ0) is 20.8. The Hall–Kier alpha value is -1.93. The molecule has 2 fully saturated rings. The Morgan fingerprint density at radius 1 is 1.17 bits per heavy atom. The van der Waals surface area contributed by atoms with E-state index in [4.69, 9.17) is 9.47 Å². The van der Waals surface area contributed by atoms with Crippen molar-refractivity contribution in [1.82, 2.24) is 10.2 Å². The van der Waals surface area contributed by atoms with E-state index in [9.17, 15) is 9.59 Å². The van der Waals surface area contributed by atoms with E-state index >= 15 is 0 Å². The van der Waals surface area contributed by atoms with Crippen LogP contribution in [0.3, 0.4) is 0 Å². The second-order valence-corrected chi connectivity index (χ2v) is 8.71. The zero-order valence-electron chi connectivity index (χ0n) is 17.5. The average molecular weight is 423 g/mol. The Bertz CT molecular complexity index is 724. The summed E-state index contributed by atoms with van der Waals surface area (Å²) >= 11 is 1.61. The van der Waals surface area contributed by atoms with Gasteiger partial charge in [-0.3, -0.25) is 9.59 Å². The highest BCUT2D eigenvalue weighted by atomic mass is 32.2. The van der Waals surface area contributed by atoms with Crippen LogP contribution >= 0.6 is 11.8 Å². The number of hydrogen-bond donors (Lipinski definition) is 2. The fourth-order valence-electron chi connectivity index (χ4n) is 4.14. The zero-order valence-corrected chi connectivity index (χ0v) is 18.3. The summed E-state index contributed by atoms with van der Waals surface area (Å²) < 4.78 is 10.7. The molecule has 3 rings (SSSR count). The molecule has 1 aromatic carbocycles. The first-order valence-corrected chi connectivity index (χ1v) is 11.3. The summed E-state index contributed by atoms with van der Waals surface area (Å²) in [6.07, 6.45) is 3.86. The van der Waals surface area contributed by atoms with E-state index < -0.39 is 6.04 Å². The van der Waals surface area contributed by atoms with Crippen LogP contribution in [-0.2, 0) is 9.59 Å². The molecule has 0 bridgehead atoms. The molecule has 2 saturated heterocycles. The Kier molecular flexibility index (Phi) is 7.66. The molecule has 1 aromatic rings. The third kappa shape index (κ3) is 5.17. The van der Waals surface area contributed by atoms with Crippen LogP contribution in [0.4, 0.5) is 0 Å². The minimum atomic E-state index is -0.452. The Morgan fingerprint density at radius 2 is 1.90 bits per heavy atom. The van der Waals surface area contributed by atoms with Gasteiger partial charge in [-0.1, -0.05) is 6.07 Å². The second-order valence-electron chi connectivity index (χ2n) is 7.59. The standard InChI is InChI=1S/C21H31N3O4S/c1-15(25)24-17(20(26)22-9-12-23-10-5-4-6-11-23)14-29-21(24)16-7-8-18(27-2)19(13-16)28-3/h7-8,13,17,21H,4-6,9-12,14H2,1-3H3,(H,22,26)/p+1/t17-,21+/m1/s1. The maximum atomic E-state index is 12.8. The molecule has 2 amide bonds. The molecule has 2 aliphatic rings. The van der Waals surface area contributed by atoms with Crippen molar-refractivity contribution in [2.24, 2.45) is 0 Å². The number of quaternary nitrogens is 1. The summed E-state index contributed by atoms with van der Waals surface area (Å²) in [6.45, 7) is 5.51. The Labute approximate surface area is 177 Å². The van der Waals surface area contributed by atoms with Crippen molar-refractivity contribution in [2.75, 3.05) is 46.2 Å². The van der Waals surface area contributed by atoms with E-state index in [1.165, 1.54) is 39.3 Å². The Balaban J connectivity index is 1.64. The molecule has 29 heavy (non-hydrogen) atoms. The third-order valence-electron chi connectivity index (χ3n) is 5.70. The number of methoxy groups -OCH3 is 2. The molecule has 0 unspecified atom stereocenters. The van der Waals surface area contributed by atoms with Gasteiger partial charge in [0.25, 0.3) is 0 Å². The van der Waals surface area contributed by atoms with Gasteiger partial charge in [0.1, 0.15) is 11.4 Å². The Morgan fingerprint density at radius 3 is 2.55 bits per heavy atom. The van der Waals surface area contributed by atoms with E-state index in [-0.39, 0.29) is 17.2 Å². The van der Waals surface area contributed by atoms with Crippen LogP contribution < -0.4 is 19.7 Å². The van der Waals surface area contributed by atoms with E-state index in [1.807, 2.05) is 18.2 Å². The molecular weight excluding hydrogens is 390 g/mol. The van der Waals surface area contributed by atoms with Crippen LogP contribution in [0.25, 0.3) is 0 Å². The van der Waals surface area contributed by atoms with E-state index in [2.05, 4.69) is 5.32 Å². The summed E-state index contributed by atoms with van der Waals surface area (Å²) in [6, 6.07) is 5.19. The van der Waals surface area contributed by atoms with Gasteiger partial charge in [-0.15, -0.1) is 11.8 Å². The maximum Gasteiger partial charge on any atom is 0.243 e. The van der Waals surface area contributed by atoms with Gasteiger partial charge in [0.05, 0.1) is 40.4 Å². The lowest BCUT2D eigenvalue weighted by Gasteiger charge is -2.28. The normalized spacial score (nSPS) is 22.4. The van der Waals surface area contributed by atoms with Crippen LogP contribution in [0.1, 0.15) is 37.1 Å². The van der Waals surface area contributed by atoms with Crippen molar-refractivity contribution in [3.63, 3.8) is 0 Å². The number of benzene rings is 1. The summed E-state index contributed by atoms with van der Waals surface area (Å²) in [5.41, 5.74) is 0.927.